The van der Waals surface area contributed by atoms with E-state index in [9.17, 15) is 19.5 Å². The predicted octanol–water partition coefficient (Wildman–Crippen LogP) is -1.03. The van der Waals surface area contributed by atoms with Crippen LogP contribution < -0.4 is 21.4 Å². The van der Waals surface area contributed by atoms with Crippen LogP contribution in [0.2, 0.25) is 0 Å². The molecule has 2 amide bonds. The zero-order valence-corrected chi connectivity index (χ0v) is 21.1. The number of nitrogens with zero attached hydrogens (tertiary/aromatic N) is 6. The normalized spacial score (nSPS) is 19.9. The molecular weight excluding hydrogens is 530 g/mol. The van der Waals surface area contributed by atoms with Gasteiger partial charge in [-0.25, -0.2) is 9.36 Å². The van der Waals surface area contributed by atoms with Crippen LogP contribution in [-0.2, 0) is 32.3 Å². The molecule has 0 radical (unpaired) electrons. The van der Waals surface area contributed by atoms with E-state index in [1.807, 2.05) is 26.9 Å². The summed E-state index contributed by atoms with van der Waals surface area (Å²) in [6.45, 7) is 0.676. The molecule has 1 saturated heterocycles. The lowest BCUT2D eigenvalue weighted by Gasteiger charge is -2.49. The Morgan fingerprint density at radius 2 is 2.25 bits per heavy atom. The van der Waals surface area contributed by atoms with Gasteiger partial charge in [0.05, 0.1) is 6.54 Å². The second-order valence-electron chi connectivity index (χ2n) is 7.75. The average molecular weight is 551 g/mol. The predicted molar refractivity (Wildman–Crippen MR) is 131 cm³/mol. The maximum absolute atomic E-state index is 13.0. The molecule has 188 valence electrons. The molecule has 0 saturated carbocycles. The molecule has 17 heteroatoms. The fourth-order valence-electron chi connectivity index (χ4n) is 4.00. The minimum Gasteiger partial charge on any atom is -0.477 e. The number of nitrogen functional groups attached to an aromatic ring is 1. The van der Waals surface area contributed by atoms with E-state index in [1.165, 1.54) is 35.1 Å². The van der Waals surface area contributed by atoms with E-state index in [-0.39, 0.29) is 22.4 Å². The highest BCUT2D eigenvalue weighted by molar-refractivity contribution is 8.00. The highest BCUT2D eigenvalue weighted by Crippen LogP contribution is 2.40. The monoisotopic (exact) mass is 550 g/mol. The van der Waals surface area contributed by atoms with Crippen molar-refractivity contribution in [2.45, 2.75) is 24.5 Å². The van der Waals surface area contributed by atoms with E-state index in [4.69, 9.17) is 16.3 Å². The number of thiazole rings is 1. The summed E-state index contributed by atoms with van der Waals surface area (Å²) in [5, 5.41) is 17.7. The number of anilines is 1. The number of carboxylic acids is 1. The molecule has 0 spiro atoms. The first-order valence-electron chi connectivity index (χ1n) is 10.4. The van der Waals surface area contributed by atoms with Crippen LogP contribution in [0.15, 0.2) is 34.3 Å². The molecule has 3 aromatic rings. The van der Waals surface area contributed by atoms with Crippen molar-refractivity contribution in [3.8, 4) is 0 Å². The third-order valence-electron chi connectivity index (χ3n) is 5.57. The zero-order valence-electron chi connectivity index (χ0n) is 18.7. The standard InChI is InChI=1S/C19H19N9O5S3/c1-33-24-11(14-23-19(21)36-25-14)15(29)22-12-16(30)28-13(18(31)32)8(5-35-17(12)28)3-26-4-10-27(7-26)9(2-20)6-34-10/h4,6-7,12,17H,2-3,5,20H2,1H3,(H3-,21,22,23,25,29,31,32)/p+1/b24-11-/t12-,17-/m1/s1. The van der Waals surface area contributed by atoms with Crippen LogP contribution >= 0.6 is 34.6 Å². The van der Waals surface area contributed by atoms with Crippen molar-refractivity contribution in [3.05, 3.63) is 40.7 Å². The number of β-lactam (4-membered cyclic amide) rings is 1. The van der Waals surface area contributed by atoms with E-state index in [1.54, 1.807) is 0 Å². The van der Waals surface area contributed by atoms with Crippen molar-refractivity contribution in [2.24, 2.45) is 10.9 Å². The molecule has 2 aliphatic heterocycles. The summed E-state index contributed by atoms with van der Waals surface area (Å²) in [4.78, 5) is 48.9. The lowest BCUT2D eigenvalue weighted by Crippen LogP contribution is -2.71. The molecular formula is C19H20N9O5S3+. The molecule has 6 N–H and O–H groups in total. The van der Waals surface area contributed by atoms with Gasteiger partial charge in [0.2, 0.25) is 22.7 Å². The molecule has 0 bridgehead atoms. The van der Waals surface area contributed by atoms with Gasteiger partial charge in [0.15, 0.2) is 5.13 Å². The molecule has 36 heavy (non-hydrogen) atoms. The van der Waals surface area contributed by atoms with Crippen molar-refractivity contribution < 1.29 is 28.9 Å². The summed E-state index contributed by atoms with van der Waals surface area (Å²) in [6, 6.07) is -0.948. The number of thioether (sulfide) groups is 1. The molecule has 0 aromatic carbocycles. The average Bonchev–Trinajstić information content (AvgIpc) is 3.56. The largest absolute Gasteiger partial charge is 0.477 e. The van der Waals surface area contributed by atoms with Crippen molar-refractivity contribution in [3.63, 3.8) is 0 Å². The molecule has 1 fully saturated rings. The Labute approximate surface area is 215 Å². The highest BCUT2D eigenvalue weighted by Gasteiger charge is 2.54. The van der Waals surface area contributed by atoms with Crippen molar-refractivity contribution in [2.75, 3.05) is 18.6 Å². The second kappa shape index (κ2) is 9.49. The number of aromatic nitrogens is 4. The summed E-state index contributed by atoms with van der Waals surface area (Å²) in [5.41, 5.74) is 12.6. The number of aliphatic carboxylic acids is 1. The maximum atomic E-state index is 13.0. The number of hydrogen-bond acceptors (Lipinski definition) is 12. The number of imidazole rings is 1. The molecule has 2 aliphatic rings. The highest BCUT2D eigenvalue weighted by atomic mass is 32.2. The van der Waals surface area contributed by atoms with E-state index in [0.717, 1.165) is 22.1 Å². The van der Waals surface area contributed by atoms with Crippen LogP contribution in [0.4, 0.5) is 5.13 Å². The number of oxime groups is 1. The Balaban J connectivity index is 1.35. The van der Waals surface area contributed by atoms with Gasteiger partial charge in [0.1, 0.15) is 42.7 Å². The summed E-state index contributed by atoms with van der Waals surface area (Å²) >= 11 is 3.79. The lowest BCUT2D eigenvalue weighted by molar-refractivity contribution is -0.687. The Hall–Kier alpha value is -3.54. The number of carboxylic acid groups (broad SMARTS) is 1. The third kappa shape index (κ3) is 4.08. The smallest absolute Gasteiger partial charge is 0.352 e. The van der Waals surface area contributed by atoms with E-state index < -0.39 is 29.2 Å². The van der Waals surface area contributed by atoms with Crippen LogP contribution in [0.25, 0.3) is 4.83 Å². The molecule has 0 unspecified atom stereocenters. The van der Waals surface area contributed by atoms with Crippen molar-refractivity contribution in [1.82, 2.24) is 24.0 Å². The number of rotatable bonds is 8. The molecule has 0 aliphatic carbocycles. The quantitative estimate of drug-likeness (QED) is 0.117. The minimum atomic E-state index is -1.21. The van der Waals surface area contributed by atoms with Crippen molar-refractivity contribution in [1.29, 1.82) is 0 Å². The fourth-order valence-corrected chi connectivity index (χ4v) is 6.72. The van der Waals surface area contributed by atoms with E-state index in [2.05, 4.69) is 19.8 Å². The summed E-state index contributed by atoms with van der Waals surface area (Å²) in [7, 11) is 1.26. The molecule has 2 atom stereocenters. The van der Waals surface area contributed by atoms with Gasteiger partial charge in [0, 0.05) is 28.2 Å². The van der Waals surface area contributed by atoms with E-state index >= 15 is 0 Å². The van der Waals surface area contributed by atoms with Crippen LogP contribution in [-0.4, -0.2) is 71.5 Å². The molecule has 3 aromatic heterocycles. The SMILES string of the molecule is CO/N=C(\C(=O)N[C@@H]1C(=O)N2C(C(=O)O)=C(C[n+]3cc4scc(CN)n4c3)CS[C@H]12)c1nsc(N)n1. The first-order chi connectivity index (χ1) is 17.3. The first kappa shape index (κ1) is 24.2. The summed E-state index contributed by atoms with van der Waals surface area (Å²) in [6.07, 6.45) is 3.76. The summed E-state index contributed by atoms with van der Waals surface area (Å²) in [5.74, 6) is -2.15. The Bertz CT molecular complexity index is 1440. The van der Waals surface area contributed by atoms with Gasteiger partial charge in [-0.2, -0.15) is 13.8 Å². The minimum absolute atomic E-state index is 0.0347. The zero-order chi connectivity index (χ0) is 25.6. The van der Waals surface area contributed by atoms with Crippen LogP contribution in [0.5, 0.6) is 0 Å². The number of amides is 2. The van der Waals surface area contributed by atoms with Gasteiger partial charge >= 0.3 is 5.97 Å². The number of fused-ring (bicyclic) bond motifs is 2. The molecule has 5 rings (SSSR count). The Morgan fingerprint density at radius 3 is 2.92 bits per heavy atom. The fraction of sp³-hybridized carbons (Fsp3) is 0.316. The number of nitrogens with two attached hydrogens (primary N) is 2. The van der Waals surface area contributed by atoms with E-state index in [0.29, 0.717) is 24.4 Å². The Kier molecular flexibility index (Phi) is 6.37. The van der Waals surface area contributed by atoms with Crippen LogP contribution in [0.1, 0.15) is 11.5 Å². The lowest BCUT2D eigenvalue weighted by atomic mass is 10.0. The van der Waals surface area contributed by atoms with Crippen molar-refractivity contribution >= 4 is 68.1 Å². The van der Waals surface area contributed by atoms with Gasteiger partial charge in [0.25, 0.3) is 11.8 Å². The molecule has 14 nitrogen and oxygen atoms in total. The topological polar surface area (TPSA) is 194 Å². The number of carbonyl (C=O) groups is 3. The maximum Gasteiger partial charge on any atom is 0.352 e. The third-order valence-corrected chi connectivity index (χ3v) is 8.39. The van der Waals surface area contributed by atoms with Crippen LogP contribution in [0.3, 0.4) is 0 Å². The number of carbonyl (C=O) groups excluding carboxylic acids is 2. The Morgan fingerprint density at radius 1 is 1.44 bits per heavy atom. The molecule has 5 heterocycles. The van der Waals surface area contributed by atoms with Gasteiger partial charge in [-0.15, -0.1) is 11.8 Å². The second-order valence-corrected chi connectivity index (χ2v) is 10.5. The van der Waals surface area contributed by atoms with Crippen LogP contribution in [0, 0.1) is 0 Å². The van der Waals surface area contributed by atoms with Gasteiger partial charge in [-0.1, -0.05) is 16.5 Å². The van der Waals surface area contributed by atoms with Gasteiger partial charge < -0.3 is 26.7 Å². The summed E-state index contributed by atoms with van der Waals surface area (Å²) < 4.78 is 7.77. The first-order valence-corrected chi connectivity index (χ1v) is 13.1. The van der Waals surface area contributed by atoms with Gasteiger partial charge in [-0.3, -0.25) is 14.5 Å². The number of nitrogens with one attached hydrogen (secondary N) is 1. The van der Waals surface area contributed by atoms with Gasteiger partial charge in [-0.05, 0) is 0 Å². The number of hydrogen-bond donors (Lipinski definition) is 4.